The van der Waals surface area contributed by atoms with Crippen LogP contribution in [0.2, 0.25) is 0 Å². The molecule has 7 rings (SSSR count). The van der Waals surface area contributed by atoms with E-state index in [0.717, 1.165) is 45.0 Å². The highest BCUT2D eigenvalue weighted by Crippen LogP contribution is 2.49. The number of ether oxygens (including phenoxy) is 2. The smallest absolute Gasteiger partial charge is 0.179 e. The molecule has 0 spiro atoms. The van der Waals surface area contributed by atoms with Gasteiger partial charge in [-0.25, -0.2) is 15.0 Å². The van der Waals surface area contributed by atoms with Crippen LogP contribution in [-0.4, -0.2) is 40.7 Å². The highest BCUT2D eigenvalue weighted by molar-refractivity contribution is 6.51. The van der Waals surface area contributed by atoms with Crippen molar-refractivity contribution in [2.45, 2.75) is 26.8 Å². The fourth-order valence-corrected chi connectivity index (χ4v) is 5.96. The Morgan fingerprint density at radius 3 is 2.30 bits per heavy atom. The molecule has 5 aromatic rings. The molecule has 1 unspecified atom stereocenters. The first-order valence-corrected chi connectivity index (χ1v) is 14.1. The monoisotopic (exact) mass is 569 g/mol. The number of aliphatic imine (C=N–C) groups is 2. The van der Waals surface area contributed by atoms with Gasteiger partial charge in [-0.2, -0.15) is 9.78 Å². The van der Waals surface area contributed by atoms with Gasteiger partial charge in [0.1, 0.15) is 0 Å². The lowest BCUT2D eigenvalue weighted by Crippen LogP contribution is -2.46. The largest absolute Gasteiger partial charge is 0.493 e. The highest BCUT2D eigenvalue weighted by atomic mass is 16.5. The number of nitrogens with zero attached hydrogens (tertiary/aromatic N) is 6. The number of benzene rings is 3. The lowest BCUT2D eigenvalue weighted by atomic mass is 9.93. The third-order valence-electron chi connectivity index (χ3n) is 7.71. The summed E-state index contributed by atoms with van der Waals surface area (Å²) < 4.78 is 13.1. The van der Waals surface area contributed by atoms with E-state index in [4.69, 9.17) is 24.6 Å². The molecule has 2 aromatic heterocycles. The SMILES string of the molecule is COc1ccc(C2c3c(C)nn(-c4ccccn4)c3N=C3C(Nc4cc(C)cc(C)c4)=Nc4ccccc4N32)cc1OC. The van der Waals surface area contributed by atoms with Gasteiger partial charge in [-0.15, -0.1) is 0 Å². The maximum Gasteiger partial charge on any atom is 0.179 e. The molecule has 43 heavy (non-hydrogen) atoms. The fourth-order valence-electron chi connectivity index (χ4n) is 5.96. The molecule has 3 aromatic carbocycles. The molecule has 0 fully saturated rings. The van der Waals surface area contributed by atoms with Gasteiger partial charge < -0.3 is 19.7 Å². The predicted molar refractivity (Wildman–Crippen MR) is 170 cm³/mol. The third kappa shape index (κ3) is 4.50. The Morgan fingerprint density at radius 2 is 1.56 bits per heavy atom. The van der Waals surface area contributed by atoms with E-state index in [1.165, 1.54) is 0 Å². The minimum atomic E-state index is -0.299. The molecule has 0 aliphatic carbocycles. The van der Waals surface area contributed by atoms with Gasteiger partial charge in [-0.3, -0.25) is 0 Å². The van der Waals surface area contributed by atoms with E-state index in [2.05, 4.69) is 59.4 Å². The lowest BCUT2D eigenvalue weighted by Gasteiger charge is -2.40. The van der Waals surface area contributed by atoms with Gasteiger partial charge in [0.05, 0.1) is 37.3 Å². The molecule has 0 bridgehead atoms. The Bertz CT molecular complexity index is 1910. The Hall–Kier alpha value is -5.44. The summed E-state index contributed by atoms with van der Waals surface area (Å²) in [6, 6.07) is 26.0. The van der Waals surface area contributed by atoms with Gasteiger partial charge in [0.2, 0.25) is 0 Å². The van der Waals surface area contributed by atoms with Crippen molar-refractivity contribution in [1.29, 1.82) is 0 Å². The van der Waals surface area contributed by atoms with Crippen molar-refractivity contribution in [2.75, 3.05) is 24.4 Å². The first kappa shape index (κ1) is 26.5. The van der Waals surface area contributed by atoms with Crippen molar-refractivity contribution >= 4 is 34.6 Å². The van der Waals surface area contributed by atoms with Gasteiger partial charge in [0.25, 0.3) is 0 Å². The first-order valence-electron chi connectivity index (χ1n) is 14.1. The summed E-state index contributed by atoms with van der Waals surface area (Å²) in [6.45, 7) is 6.20. The van der Waals surface area contributed by atoms with Gasteiger partial charge >= 0.3 is 0 Å². The summed E-state index contributed by atoms with van der Waals surface area (Å²) in [5.41, 5.74) is 7.89. The molecule has 214 valence electrons. The summed E-state index contributed by atoms with van der Waals surface area (Å²) in [7, 11) is 3.30. The minimum absolute atomic E-state index is 0.299. The number of amidine groups is 2. The van der Waals surface area contributed by atoms with Gasteiger partial charge in [-0.1, -0.05) is 30.3 Å². The topological polar surface area (TPSA) is 89.2 Å². The van der Waals surface area contributed by atoms with Crippen LogP contribution in [-0.2, 0) is 0 Å². The van der Waals surface area contributed by atoms with Crippen LogP contribution < -0.4 is 19.7 Å². The van der Waals surface area contributed by atoms with Crippen LogP contribution in [0.15, 0.2) is 95.0 Å². The van der Waals surface area contributed by atoms with Crippen molar-refractivity contribution in [3.05, 3.63) is 113 Å². The normalized spacial score (nSPS) is 15.1. The number of methoxy groups -OCH3 is 2. The van der Waals surface area contributed by atoms with Gasteiger partial charge in [0.15, 0.2) is 34.8 Å². The molecule has 2 aliphatic rings. The Labute approximate surface area is 250 Å². The molecule has 9 nitrogen and oxygen atoms in total. The summed E-state index contributed by atoms with van der Waals surface area (Å²) in [4.78, 5) is 17.2. The maximum atomic E-state index is 5.75. The van der Waals surface area contributed by atoms with Gasteiger partial charge in [-0.05, 0) is 86.0 Å². The second kappa shape index (κ2) is 10.4. The molecule has 9 heteroatoms. The molecule has 1 atom stereocenters. The molecule has 1 N–H and O–H groups in total. The minimum Gasteiger partial charge on any atom is -0.493 e. The van der Waals surface area contributed by atoms with Crippen LogP contribution in [0, 0.1) is 20.8 Å². The van der Waals surface area contributed by atoms with E-state index in [0.29, 0.717) is 34.8 Å². The zero-order valence-electron chi connectivity index (χ0n) is 24.7. The summed E-state index contributed by atoms with van der Waals surface area (Å²) in [6.07, 6.45) is 1.76. The number of hydrogen-bond acceptors (Lipinski definition) is 8. The van der Waals surface area contributed by atoms with Gasteiger partial charge in [0, 0.05) is 17.4 Å². The molecule has 0 saturated heterocycles. The molecule has 0 amide bonds. The molecule has 0 radical (unpaired) electrons. The van der Waals surface area contributed by atoms with Crippen LogP contribution in [0.25, 0.3) is 5.82 Å². The standard InChI is InChI=1S/C34H31N7O2/c1-20-16-21(2)18-24(17-20)36-32-34-38-33-30(22(3)39-41(33)29-12-8-9-15-35-29)31(23-13-14-27(42-4)28(19-23)43-5)40(34)26-11-7-6-10-25(26)37-32/h6-19,31H,1-5H3,(H,36,37). The van der Waals surface area contributed by atoms with E-state index in [1.54, 1.807) is 20.4 Å². The van der Waals surface area contributed by atoms with E-state index >= 15 is 0 Å². The quantitative estimate of drug-likeness (QED) is 0.245. The second-order valence-corrected chi connectivity index (χ2v) is 10.7. The molecule has 0 saturated carbocycles. The summed E-state index contributed by atoms with van der Waals surface area (Å²) in [5.74, 6) is 4.03. The van der Waals surface area contributed by atoms with Crippen LogP contribution in [0.1, 0.15) is 34.0 Å². The molecular formula is C34H31N7O2. The number of hydrogen-bond donors (Lipinski definition) is 1. The third-order valence-corrected chi connectivity index (χ3v) is 7.71. The molecule has 4 heterocycles. The number of nitrogens with one attached hydrogen (secondary N) is 1. The van der Waals surface area contributed by atoms with Crippen molar-refractivity contribution in [2.24, 2.45) is 9.98 Å². The van der Waals surface area contributed by atoms with Crippen molar-refractivity contribution in [3.63, 3.8) is 0 Å². The van der Waals surface area contributed by atoms with E-state index in [-0.39, 0.29) is 6.04 Å². The van der Waals surface area contributed by atoms with Crippen molar-refractivity contribution in [3.8, 4) is 17.3 Å². The second-order valence-electron chi connectivity index (χ2n) is 10.7. The molecule has 2 aliphatic heterocycles. The number of para-hydroxylation sites is 2. The number of anilines is 2. The van der Waals surface area contributed by atoms with E-state index in [1.807, 2.05) is 60.1 Å². The highest BCUT2D eigenvalue weighted by Gasteiger charge is 2.41. The number of aromatic nitrogens is 3. The van der Waals surface area contributed by atoms with Crippen LogP contribution >= 0.6 is 0 Å². The summed E-state index contributed by atoms with van der Waals surface area (Å²) >= 11 is 0. The maximum absolute atomic E-state index is 5.75. The first-order chi connectivity index (χ1) is 20.9. The number of rotatable bonds is 5. The van der Waals surface area contributed by atoms with E-state index in [9.17, 15) is 0 Å². The number of aryl methyl sites for hydroxylation is 3. The molecular weight excluding hydrogens is 538 g/mol. The van der Waals surface area contributed by atoms with Crippen LogP contribution in [0.3, 0.4) is 0 Å². The average Bonchev–Trinajstić information content (AvgIpc) is 3.35. The van der Waals surface area contributed by atoms with Crippen molar-refractivity contribution in [1.82, 2.24) is 14.8 Å². The van der Waals surface area contributed by atoms with E-state index < -0.39 is 0 Å². The number of fused-ring (bicyclic) bond motifs is 4. The average molecular weight is 570 g/mol. The lowest BCUT2D eigenvalue weighted by molar-refractivity contribution is 0.354. The Morgan fingerprint density at radius 1 is 0.791 bits per heavy atom. The zero-order valence-corrected chi connectivity index (χ0v) is 24.7. The Balaban J connectivity index is 1.50. The van der Waals surface area contributed by atoms with Crippen LogP contribution in [0.5, 0.6) is 11.5 Å². The fraction of sp³-hybridized carbons (Fsp3) is 0.176. The van der Waals surface area contributed by atoms with Crippen LogP contribution in [0.4, 0.5) is 22.9 Å². The Kier molecular flexibility index (Phi) is 6.42. The summed E-state index contributed by atoms with van der Waals surface area (Å²) in [5, 5.41) is 8.56. The van der Waals surface area contributed by atoms with Crippen molar-refractivity contribution < 1.29 is 9.47 Å². The zero-order chi connectivity index (χ0) is 29.7. The number of pyridine rings is 1. The predicted octanol–water partition coefficient (Wildman–Crippen LogP) is 7.01.